The van der Waals surface area contributed by atoms with Crippen molar-refractivity contribution in [1.82, 2.24) is 0 Å². The number of anilines is 1. The molecule has 0 aliphatic heterocycles. The highest BCUT2D eigenvalue weighted by Gasteiger charge is 2.24. The number of nitrogens with one attached hydrogen (secondary N) is 1. The molecule has 0 aliphatic carbocycles. The quantitative estimate of drug-likeness (QED) is 0.817. The first-order valence-electron chi connectivity index (χ1n) is 4.87. The first-order chi connectivity index (χ1) is 8.36. The van der Waals surface area contributed by atoms with Crippen molar-refractivity contribution in [2.24, 2.45) is 0 Å². The van der Waals surface area contributed by atoms with Gasteiger partial charge in [-0.15, -0.1) is 0 Å². The molecule has 1 aromatic rings. The van der Waals surface area contributed by atoms with E-state index in [1.807, 2.05) is 0 Å². The largest absolute Gasteiger partial charge is 0.384 e. The Hall–Kier alpha value is -1.65. The molecule has 0 atom stereocenters. The monoisotopic (exact) mass is 275 g/mol. The van der Waals surface area contributed by atoms with E-state index < -0.39 is 15.8 Å². The van der Waals surface area contributed by atoms with Gasteiger partial charge in [0.1, 0.15) is 6.61 Å². The Labute approximate surface area is 104 Å². The van der Waals surface area contributed by atoms with Gasteiger partial charge in [-0.05, 0) is 24.6 Å². The van der Waals surface area contributed by atoms with Crippen LogP contribution in [0, 0.1) is 18.8 Å². The van der Waals surface area contributed by atoms with Crippen LogP contribution in [0.3, 0.4) is 0 Å². The molecule has 0 aromatic heterocycles. The number of aliphatic hydroxyl groups is 1. The summed E-state index contributed by atoms with van der Waals surface area (Å²) in [6.45, 7) is 1.23. The second-order valence-corrected chi connectivity index (χ2v) is 5.05. The van der Waals surface area contributed by atoms with Crippen molar-refractivity contribution in [3.05, 3.63) is 29.3 Å². The van der Waals surface area contributed by atoms with Crippen LogP contribution >= 0.6 is 0 Å². The average molecular weight is 275 g/mol. The maximum absolute atomic E-state index is 12.2. The highest BCUT2D eigenvalue weighted by Crippen LogP contribution is 2.19. The van der Waals surface area contributed by atoms with Crippen LogP contribution < -0.4 is 4.72 Å². The molecule has 0 radical (unpaired) electrons. The molecule has 0 unspecified atom stereocenters. The summed E-state index contributed by atoms with van der Waals surface area (Å²) in [4.78, 5) is 0. The van der Waals surface area contributed by atoms with Crippen LogP contribution in [0.5, 0.6) is 0 Å². The number of benzene rings is 1. The lowest BCUT2D eigenvalue weighted by Crippen LogP contribution is -2.21. The molecule has 4 nitrogen and oxygen atoms in total. The standard InChI is InChI=1S/C11H11F2NO3S/c1-8-4-5-9(3-2-6-15)7-10(8)14-18(16,17)11(12)13/h4-5,7,11,14-15H,6H2,1H3. The van der Waals surface area contributed by atoms with Gasteiger partial charge in [-0.1, -0.05) is 17.9 Å². The summed E-state index contributed by atoms with van der Waals surface area (Å²) in [7, 11) is -4.69. The van der Waals surface area contributed by atoms with Crippen LogP contribution in [0.2, 0.25) is 0 Å². The van der Waals surface area contributed by atoms with E-state index in [0.717, 1.165) is 0 Å². The van der Waals surface area contributed by atoms with E-state index in [9.17, 15) is 17.2 Å². The smallest absolute Gasteiger partial charge is 0.355 e. The predicted octanol–water partition coefficient (Wildman–Crippen LogP) is 1.30. The zero-order valence-corrected chi connectivity index (χ0v) is 10.3. The highest BCUT2D eigenvalue weighted by molar-refractivity contribution is 7.93. The number of alkyl halides is 2. The summed E-state index contributed by atoms with van der Waals surface area (Å²) in [5.41, 5.74) is 0.954. The lowest BCUT2D eigenvalue weighted by Gasteiger charge is -2.10. The average Bonchev–Trinajstić information content (AvgIpc) is 2.29. The van der Waals surface area contributed by atoms with Gasteiger partial charge in [-0.25, -0.2) is 8.42 Å². The van der Waals surface area contributed by atoms with Gasteiger partial charge >= 0.3 is 5.76 Å². The molecule has 0 saturated carbocycles. The zero-order valence-electron chi connectivity index (χ0n) is 9.44. The lowest BCUT2D eigenvalue weighted by molar-refractivity contribution is 0.236. The molecular weight excluding hydrogens is 264 g/mol. The lowest BCUT2D eigenvalue weighted by atomic mass is 10.1. The molecule has 7 heteroatoms. The Balaban J connectivity index is 3.09. The minimum atomic E-state index is -4.69. The third kappa shape index (κ3) is 3.68. The summed E-state index contributed by atoms with van der Waals surface area (Å²) in [5.74, 6) is 1.44. The van der Waals surface area contributed by atoms with Gasteiger partial charge in [-0.2, -0.15) is 8.78 Å². The van der Waals surface area contributed by atoms with E-state index in [2.05, 4.69) is 11.8 Å². The topological polar surface area (TPSA) is 66.4 Å². The number of hydrogen-bond donors (Lipinski definition) is 2. The predicted molar refractivity (Wildman–Crippen MR) is 63.7 cm³/mol. The summed E-state index contributed by atoms with van der Waals surface area (Å²) in [6, 6.07) is 4.47. The fourth-order valence-corrected chi connectivity index (χ4v) is 1.76. The number of hydrogen-bond acceptors (Lipinski definition) is 3. The van der Waals surface area contributed by atoms with Crippen molar-refractivity contribution in [3.8, 4) is 11.8 Å². The molecule has 1 rings (SSSR count). The van der Waals surface area contributed by atoms with Gasteiger partial charge in [0.25, 0.3) is 10.0 Å². The van der Waals surface area contributed by atoms with Gasteiger partial charge in [0.05, 0.1) is 5.69 Å². The van der Waals surface area contributed by atoms with Gasteiger partial charge in [0, 0.05) is 5.56 Å². The second kappa shape index (κ2) is 5.80. The molecule has 0 aliphatic rings. The minimum Gasteiger partial charge on any atom is -0.384 e. The summed E-state index contributed by atoms with van der Waals surface area (Å²) in [5, 5.41) is 8.53. The molecule has 0 spiro atoms. The molecule has 1 aromatic carbocycles. The number of halogens is 2. The van der Waals surface area contributed by atoms with Crippen molar-refractivity contribution in [2.75, 3.05) is 11.3 Å². The third-order valence-electron chi connectivity index (χ3n) is 2.04. The number of sulfonamides is 1. The van der Waals surface area contributed by atoms with Gasteiger partial charge in [0.2, 0.25) is 0 Å². The third-order valence-corrected chi connectivity index (χ3v) is 3.01. The van der Waals surface area contributed by atoms with Crippen LogP contribution in [-0.2, 0) is 10.0 Å². The second-order valence-electron chi connectivity index (χ2n) is 3.40. The van der Waals surface area contributed by atoms with Crippen molar-refractivity contribution in [1.29, 1.82) is 0 Å². The number of rotatable bonds is 3. The molecule has 0 amide bonds. The Morgan fingerprint density at radius 2 is 2.11 bits per heavy atom. The SMILES string of the molecule is Cc1ccc(C#CCO)cc1NS(=O)(=O)C(F)F. The normalized spacial score (nSPS) is 10.9. The van der Waals surface area contributed by atoms with Crippen molar-refractivity contribution in [3.63, 3.8) is 0 Å². The van der Waals surface area contributed by atoms with E-state index in [1.54, 1.807) is 23.8 Å². The van der Waals surface area contributed by atoms with Crippen molar-refractivity contribution >= 4 is 15.7 Å². The fraction of sp³-hybridized carbons (Fsp3) is 0.273. The van der Waals surface area contributed by atoms with Crippen LogP contribution in [0.1, 0.15) is 11.1 Å². The van der Waals surface area contributed by atoms with Crippen LogP contribution in [0.15, 0.2) is 18.2 Å². The molecule has 98 valence electrons. The molecule has 0 bridgehead atoms. The van der Waals surface area contributed by atoms with E-state index in [1.165, 1.54) is 6.07 Å². The summed E-state index contributed by atoms with van der Waals surface area (Å²) < 4.78 is 48.3. The zero-order chi connectivity index (χ0) is 13.8. The number of aliphatic hydroxyl groups excluding tert-OH is 1. The molecule has 0 fully saturated rings. The molecule has 2 N–H and O–H groups in total. The van der Waals surface area contributed by atoms with Gasteiger partial charge in [0.15, 0.2) is 0 Å². The first kappa shape index (κ1) is 14.4. The Kier molecular flexibility index (Phi) is 4.64. The van der Waals surface area contributed by atoms with Crippen LogP contribution in [0.25, 0.3) is 0 Å². The Morgan fingerprint density at radius 3 is 2.67 bits per heavy atom. The van der Waals surface area contributed by atoms with Crippen molar-refractivity contribution in [2.45, 2.75) is 12.7 Å². The van der Waals surface area contributed by atoms with Gasteiger partial charge in [-0.3, -0.25) is 4.72 Å². The minimum absolute atomic E-state index is 0.0417. The van der Waals surface area contributed by atoms with E-state index in [0.29, 0.717) is 11.1 Å². The molecule has 0 heterocycles. The summed E-state index contributed by atoms with van der Waals surface area (Å²) >= 11 is 0. The molecule has 18 heavy (non-hydrogen) atoms. The number of aryl methyl sites for hydroxylation is 1. The van der Waals surface area contributed by atoms with E-state index in [-0.39, 0.29) is 12.3 Å². The van der Waals surface area contributed by atoms with Crippen LogP contribution in [0.4, 0.5) is 14.5 Å². The molecule has 0 saturated heterocycles. The highest BCUT2D eigenvalue weighted by atomic mass is 32.2. The van der Waals surface area contributed by atoms with E-state index in [4.69, 9.17) is 5.11 Å². The summed E-state index contributed by atoms with van der Waals surface area (Å²) in [6.07, 6.45) is 0. The fourth-order valence-electron chi connectivity index (χ4n) is 1.15. The van der Waals surface area contributed by atoms with Crippen molar-refractivity contribution < 1.29 is 22.3 Å². The molecular formula is C11H11F2NO3S. The Morgan fingerprint density at radius 1 is 1.44 bits per heavy atom. The van der Waals surface area contributed by atoms with Crippen LogP contribution in [-0.4, -0.2) is 25.9 Å². The maximum Gasteiger partial charge on any atom is 0.355 e. The van der Waals surface area contributed by atoms with E-state index >= 15 is 0 Å². The first-order valence-corrected chi connectivity index (χ1v) is 6.41. The van der Waals surface area contributed by atoms with Gasteiger partial charge < -0.3 is 5.11 Å². The Bertz CT molecular complexity index is 588. The maximum atomic E-state index is 12.2.